The third kappa shape index (κ3) is 5.46. The summed E-state index contributed by atoms with van der Waals surface area (Å²) in [5.41, 5.74) is 0.273. The molecule has 0 aliphatic rings. The first-order valence-electron chi connectivity index (χ1n) is 8.39. The molecule has 1 amide bonds. The molecule has 8 nitrogen and oxygen atoms in total. The van der Waals surface area contributed by atoms with Crippen LogP contribution < -0.4 is 20.1 Å². The molecular formula is C19H20N4O4. The number of benzene rings is 1. The van der Waals surface area contributed by atoms with E-state index in [-0.39, 0.29) is 11.6 Å². The predicted octanol–water partition coefficient (Wildman–Crippen LogP) is 2.50. The number of anilines is 1. The fourth-order valence-electron chi connectivity index (χ4n) is 2.25. The maximum Gasteiger partial charge on any atom is 0.270 e. The van der Waals surface area contributed by atoms with Gasteiger partial charge in [-0.2, -0.15) is 0 Å². The third-order valence-corrected chi connectivity index (χ3v) is 3.60. The lowest BCUT2D eigenvalue weighted by Crippen LogP contribution is -2.24. The van der Waals surface area contributed by atoms with Crippen LogP contribution in [0.3, 0.4) is 0 Å². The minimum Gasteiger partial charge on any atom is -0.497 e. The van der Waals surface area contributed by atoms with E-state index in [0.29, 0.717) is 31.4 Å². The van der Waals surface area contributed by atoms with Gasteiger partial charge in [0.15, 0.2) is 0 Å². The second-order valence-corrected chi connectivity index (χ2v) is 5.48. The first-order chi connectivity index (χ1) is 13.2. The highest BCUT2D eigenvalue weighted by molar-refractivity contribution is 5.92. The lowest BCUT2D eigenvalue weighted by atomic mass is 10.3. The molecule has 27 heavy (non-hydrogen) atoms. The molecule has 2 aromatic heterocycles. The summed E-state index contributed by atoms with van der Waals surface area (Å²) in [4.78, 5) is 20.5. The van der Waals surface area contributed by atoms with E-state index in [0.717, 1.165) is 11.5 Å². The number of hydrogen-bond acceptors (Lipinski definition) is 7. The van der Waals surface area contributed by atoms with Gasteiger partial charge in [0, 0.05) is 6.20 Å². The highest BCUT2D eigenvalue weighted by atomic mass is 16.5. The maximum atomic E-state index is 12.2. The average Bonchev–Trinajstić information content (AvgIpc) is 3.24. The Morgan fingerprint density at radius 3 is 2.70 bits per heavy atom. The van der Waals surface area contributed by atoms with Gasteiger partial charge in [0.2, 0.25) is 5.95 Å². The molecule has 2 heterocycles. The standard InChI is InChI=1S/C19H20N4O4/c1-25-14-4-6-15(7-5-14)27-12-10-21-19-20-9-8-17(23-19)18(24)22-13-16-3-2-11-26-16/h2-9,11H,10,12-13H2,1H3,(H,22,24)(H,20,21,23). The molecule has 0 aliphatic heterocycles. The van der Waals surface area contributed by atoms with Crippen molar-refractivity contribution in [1.82, 2.24) is 15.3 Å². The normalized spacial score (nSPS) is 10.3. The zero-order chi connectivity index (χ0) is 18.9. The van der Waals surface area contributed by atoms with Gasteiger partial charge in [-0.25, -0.2) is 9.97 Å². The molecule has 0 saturated heterocycles. The van der Waals surface area contributed by atoms with Gasteiger partial charge in [-0.3, -0.25) is 4.79 Å². The number of nitrogens with one attached hydrogen (secondary N) is 2. The Bertz CT molecular complexity index is 850. The summed E-state index contributed by atoms with van der Waals surface area (Å²) in [6, 6.07) is 12.4. The smallest absolute Gasteiger partial charge is 0.270 e. The van der Waals surface area contributed by atoms with Crippen LogP contribution in [-0.2, 0) is 6.54 Å². The van der Waals surface area contributed by atoms with E-state index in [4.69, 9.17) is 13.9 Å². The molecule has 0 spiro atoms. The number of hydrogen-bond donors (Lipinski definition) is 2. The molecule has 0 atom stereocenters. The van der Waals surface area contributed by atoms with Crippen LogP contribution in [0.15, 0.2) is 59.3 Å². The van der Waals surface area contributed by atoms with Crippen LogP contribution in [0, 0.1) is 0 Å². The Morgan fingerprint density at radius 2 is 1.96 bits per heavy atom. The molecule has 0 bridgehead atoms. The van der Waals surface area contributed by atoms with Gasteiger partial charge in [-0.1, -0.05) is 0 Å². The van der Waals surface area contributed by atoms with Crippen molar-refractivity contribution < 1.29 is 18.7 Å². The number of carbonyl (C=O) groups excluding carboxylic acids is 1. The summed E-state index contributed by atoms with van der Waals surface area (Å²) in [7, 11) is 1.62. The lowest BCUT2D eigenvalue weighted by molar-refractivity contribution is 0.0943. The van der Waals surface area contributed by atoms with E-state index in [1.165, 1.54) is 6.20 Å². The molecule has 0 aliphatic carbocycles. The van der Waals surface area contributed by atoms with E-state index >= 15 is 0 Å². The van der Waals surface area contributed by atoms with Crippen molar-refractivity contribution in [2.75, 3.05) is 25.6 Å². The first-order valence-corrected chi connectivity index (χ1v) is 8.39. The topological polar surface area (TPSA) is 98.5 Å². The fourth-order valence-corrected chi connectivity index (χ4v) is 2.25. The van der Waals surface area contributed by atoms with E-state index in [1.54, 1.807) is 31.6 Å². The number of amides is 1. The van der Waals surface area contributed by atoms with Crippen molar-refractivity contribution in [3.8, 4) is 11.5 Å². The van der Waals surface area contributed by atoms with E-state index in [2.05, 4.69) is 20.6 Å². The molecule has 0 unspecified atom stereocenters. The predicted molar refractivity (Wildman–Crippen MR) is 98.9 cm³/mol. The van der Waals surface area contributed by atoms with Crippen LogP contribution in [0.25, 0.3) is 0 Å². The minimum absolute atomic E-state index is 0.273. The zero-order valence-corrected chi connectivity index (χ0v) is 14.8. The Balaban J connectivity index is 1.44. The van der Waals surface area contributed by atoms with Crippen molar-refractivity contribution in [1.29, 1.82) is 0 Å². The average molecular weight is 368 g/mol. The summed E-state index contributed by atoms with van der Waals surface area (Å²) in [6.07, 6.45) is 3.09. The SMILES string of the molecule is COc1ccc(OCCNc2nccc(C(=O)NCc3ccco3)n2)cc1. The van der Waals surface area contributed by atoms with Crippen LogP contribution in [0.1, 0.15) is 16.2 Å². The number of aromatic nitrogens is 2. The van der Waals surface area contributed by atoms with Gasteiger partial charge in [-0.05, 0) is 42.5 Å². The second-order valence-electron chi connectivity index (χ2n) is 5.48. The Morgan fingerprint density at radius 1 is 1.15 bits per heavy atom. The number of ether oxygens (including phenoxy) is 2. The highest BCUT2D eigenvalue weighted by Crippen LogP contribution is 2.16. The molecule has 3 aromatic rings. The van der Waals surface area contributed by atoms with Crippen molar-refractivity contribution in [2.45, 2.75) is 6.54 Å². The van der Waals surface area contributed by atoms with E-state index in [1.807, 2.05) is 24.3 Å². The molecule has 3 rings (SSSR count). The molecule has 1 aromatic carbocycles. The van der Waals surface area contributed by atoms with Gasteiger partial charge in [0.1, 0.15) is 29.6 Å². The molecule has 0 fully saturated rings. The molecular weight excluding hydrogens is 348 g/mol. The van der Waals surface area contributed by atoms with Gasteiger partial charge < -0.3 is 24.5 Å². The lowest BCUT2D eigenvalue weighted by Gasteiger charge is -2.09. The molecule has 0 saturated carbocycles. The summed E-state index contributed by atoms with van der Waals surface area (Å²) < 4.78 is 15.9. The van der Waals surface area contributed by atoms with Crippen LogP contribution >= 0.6 is 0 Å². The van der Waals surface area contributed by atoms with Crippen molar-refractivity contribution in [2.24, 2.45) is 0 Å². The zero-order valence-electron chi connectivity index (χ0n) is 14.8. The van der Waals surface area contributed by atoms with Crippen LogP contribution in [0.5, 0.6) is 11.5 Å². The maximum absolute atomic E-state index is 12.2. The monoisotopic (exact) mass is 368 g/mol. The first kappa shape index (κ1) is 18.2. The highest BCUT2D eigenvalue weighted by Gasteiger charge is 2.09. The minimum atomic E-state index is -0.300. The number of rotatable bonds is 9. The summed E-state index contributed by atoms with van der Waals surface area (Å²) in [5.74, 6) is 2.25. The fraction of sp³-hybridized carbons (Fsp3) is 0.211. The third-order valence-electron chi connectivity index (χ3n) is 3.60. The van der Waals surface area contributed by atoms with E-state index in [9.17, 15) is 4.79 Å². The quantitative estimate of drug-likeness (QED) is 0.560. The van der Waals surface area contributed by atoms with Crippen LogP contribution in [0.2, 0.25) is 0 Å². The van der Waals surface area contributed by atoms with Crippen molar-refractivity contribution in [3.05, 3.63) is 66.4 Å². The number of methoxy groups -OCH3 is 1. The summed E-state index contributed by atoms with van der Waals surface area (Å²) in [6.45, 7) is 1.21. The molecule has 140 valence electrons. The molecule has 8 heteroatoms. The molecule has 2 N–H and O–H groups in total. The van der Waals surface area contributed by atoms with Crippen LogP contribution in [-0.4, -0.2) is 36.1 Å². The van der Waals surface area contributed by atoms with Gasteiger partial charge in [0.05, 0.1) is 26.5 Å². The largest absolute Gasteiger partial charge is 0.497 e. The van der Waals surface area contributed by atoms with Gasteiger partial charge in [-0.15, -0.1) is 0 Å². The number of carbonyl (C=O) groups is 1. The van der Waals surface area contributed by atoms with Gasteiger partial charge >= 0.3 is 0 Å². The van der Waals surface area contributed by atoms with E-state index < -0.39 is 0 Å². The summed E-state index contributed by atoms with van der Waals surface area (Å²) in [5, 5.41) is 5.77. The van der Waals surface area contributed by atoms with Crippen molar-refractivity contribution >= 4 is 11.9 Å². The Hall–Kier alpha value is -3.55. The summed E-state index contributed by atoms with van der Waals surface area (Å²) >= 11 is 0. The Labute approximate surface area is 156 Å². The van der Waals surface area contributed by atoms with Crippen LogP contribution in [0.4, 0.5) is 5.95 Å². The number of furan rings is 1. The second kappa shape index (κ2) is 9.23. The number of nitrogens with zero attached hydrogens (tertiary/aromatic N) is 2. The van der Waals surface area contributed by atoms with Crippen molar-refractivity contribution in [3.63, 3.8) is 0 Å². The Kier molecular flexibility index (Phi) is 6.24. The van der Waals surface area contributed by atoms with Gasteiger partial charge in [0.25, 0.3) is 5.91 Å². The molecule has 0 radical (unpaired) electrons.